The number of hydrogen-bond acceptors (Lipinski definition) is 1. The second-order valence-electron chi connectivity index (χ2n) is 2.96. The Balaban J connectivity index is 3.39. The van der Waals surface area contributed by atoms with Crippen LogP contribution in [0.25, 0.3) is 0 Å². The van der Waals surface area contributed by atoms with Crippen LogP contribution in [0.1, 0.15) is 11.1 Å². The van der Waals surface area contributed by atoms with E-state index in [4.69, 9.17) is 16.7 Å². The maximum atomic E-state index is 12.8. The lowest BCUT2D eigenvalue weighted by atomic mass is 10.0. The fraction of sp³-hybridized carbons (Fsp3) is 0.222. The average molecular weight is 257 g/mol. The van der Waals surface area contributed by atoms with Crippen molar-refractivity contribution in [1.82, 2.24) is 0 Å². The Kier molecular flexibility index (Phi) is 3.42. The number of alkyl halides is 3. The Morgan fingerprint density at radius 3 is 2.38 bits per heavy atom. The topological polar surface area (TPSA) is 37.3 Å². The van der Waals surface area contributed by atoms with Crippen LogP contribution < -0.4 is 0 Å². The van der Waals surface area contributed by atoms with Crippen molar-refractivity contribution in [3.63, 3.8) is 0 Å². The zero-order valence-electron chi connectivity index (χ0n) is 7.61. The van der Waals surface area contributed by atoms with Crippen molar-refractivity contribution in [1.29, 1.82) is 0 Å². The van der Waals surface area contributed by atoms with Gasteiger partial charge >= 0.3 is 12.1 Å². The molecule has 1 N–H and O–H groups in total. The minimum Gasteiger partial charge on any atom is -0.481 e. The van der Waals surface area contributed by atoms with Crippen LogP contribution >= 0.6 is 11.6 Å². The summed E-state index contributed by atoms with van der Waals surface area (Å²) in [7, 11) is 0. The Morgan fingerprint density at radius 2 is 1.94 bits per heavy atom. The summed E-state index contributed by atoms with van der Waals surface area (Å²) in [5.41, 5.74) is -2.00. The van der Waals surface area contributed by atoms with Gasteiger partial charge in [-0.25, -0.2) is 4.39 Å². The van der Waals surface area contributed by atoms with Gasteiger partial charge in [0.05, 0.1) is 17.0 Å². The van der Waals surface area contributed by atoms with E-state index in [1.165, 1.54) is 0 Å². The standard InChI is InChI=1S/C9H5ClF4O2/c10-8-5(11)2-1-4(3-6(15)16)7(8)9(12,13)14/h1-2H,3H2,(H,15,16). The molecule has 0 spiro atoms. The van der Waals surface area contributed by atoms with Crippen molar-refractivity contribution < 1.29 is 27.5 Å². The summed E-state index contributed by atoms with van der Waals surface area (Å²) in [4.78, 5) is 10.3. The van der Waals surface area contributed by atoms with Gasteiger partial charge < -0.3 is 5.11 Å². The largest absolute Gasteiger partial charge is 0.481 e. The second-order valence-corrected chi connectivity index (χ2v) is 3.34. The molecule has 88 valence electrons. The van der Waals surface area contributed by atoms with Crippen molar-refractivity contribution in [2.75, 3.05) is 0 Å². The van der Waals surface area contributed by atoms with Crippen LogP contribution in [0, 0.1) is 5.82 Å². The second kappa shape index (κ2) is 4.29. The maximum absolute atomic E-state index is 12.8. The molecule has 1 aromatic rings. The lowest BCUT2D eigenvalue weighted by Gasteiger charge is -2.13. The zero-order chi connectivity index (χ0) is 12.5. The number of aliphatic carboxylic acids is 1. The summed E-state index contributed by atoms with van der Waals surface area (Å²) in [5, 5.41) is 7.31. The molecule has 0 unspecified atom stereocenters. The third-order valence-corrected chi connectivity index (χ3v) is 2.18. The predicted molar refractivity (Wildman–Crippen MR) is 47.8 cm³/mol. The molecule has 0 saturated heterocycles. The molecule has 1 aromatic carbocycles. The quantitative estimate of drug-likeness (QED) is 0.826. The van der Waals surface area contributed by atoms with E-state index in [1.54, 1.807) is 0 Å². The van der Waals surface area contributed by atoms with E-state index in [2.05, 4.69) is 0 Å². The number of benzene rings is 1. The molecule has 0 fully saturated rings. The van der Waals surface area contributed by atoms with Gasteiger partial charge in [-0.3, -0.25) is 4.79 Å². The van der Waals surface area contributed by atoms with E-state index in [0.29, 0.717) is 6.07 Å². The molecule has 0 heterocycles. The molecule has 1 rings (SSSR count). The number of hydrogen-bond donors (Lipinski definition) is 1. The highest BCUT2D eigenvalue weighted by Gasteiger charge is 2.37. The van der Waals surface area contributed by atoms with Crippen molar-refractivity contribution in [3.8, 4) is 0 Å². The minimum atomic E-state index is -4.88. The first-order chi connectivity index (χ1) is 7.23. The van der Waals surface area contributed by atoms with Crippen molar-refractivity contribution in [2.45, 2.75) is 12.6 Å². The lowest BCUT2D eigenvalue weighted by Crippen LogP contribution is -2.13. The van der Waals surface area contributed by atoms with Gasteiger partial charge in [-0.2, -0.15) is 13.2 Å². The first-order valence-electron chi connectivity index (χ1n) is 3.99. The van der Waals surface area contributed by atoms with Gasteiger partial charge in [0.2, 0.25) is 0 Å². The Morgan fingerprint density at radius 1 is 1.38 bits per heavy atom. The fourth-order valence-corrected chi connectivity index (χ4v) is 1.50. The number of halogens is 5. The van der Waals surface area contributed by atoms with Gasteiger partial charge in [-0.15, -0.1) is 0 Å². The molecule has 0 aliphatic carbocycles. The molecule has 16 heavy (non-hydrogen) atoms. The number of carboxylic acid groups (broad SMARTS) is 1. The smallest absolute Gasteiger partial charge is 0.418 e. The molecule has 0 bridgehead atoms. The van der Waals surface area contributed by atoms with Crippen LogP contribution in [0.3, 0.4) is 0 Å². The van der Waals surface area contributed by atoms with Crippen LogP contribution in [0.15, 0.2) is 12.1 Å². The van der Waals surface area contributed by atoms with E-state index < -0.39 is 40.5 Å². The van der Waals surface area contributed by atoms with Crippen LogP contribution in [-0.4, -0.2) is 11.1 Å². The molecular formula is C9H5ClF4O2. The van der Waals surface area contributed by atoms with Gasteiger partial charge in [0.25, 0.3) is 0 Å². The highest BCUT2D eigenvalue weighted by atomic mass is 35.5. The van der Waals surface area contributed by atoms with Crippen molar-refractivity contribution in [2.24, 2.45) is 0 Å². The molecule has 0 aromatic heterocycles. The average Bonchev–Trinajstić information content (AvgIpc) is 2.08. The first kappa shape index (κ1) is 12.8. The summed E-state index contributed by atoms with van der Waals surface area (Å²) in [5.74, 6) is -2.68. The van der Waals surface area contributed by atoms with Gasteiger partial charge in [0.15, 0.2) is 0 Å². The third-order valence-electron chi connectivity index (χ3n) is 1.81. The van der Waals surface area contributed by atoms with Gasteiger partial charge in [-0.05, 0) is 11.6 Å². The SMILES string of the molecule is O=C(O)Cc1ccc(F)c(Cl)c1C(F)(F)F. The molecule has 0 amide bonds. The summed E-state index contributed by atoms with van der Waals surface area (Å²) >= 11 is 5.18. The van der Waals surface area contributed by atoms with Crippen LogP contribution in [0.2, 0.25) is 5.02 Å². The highest BCUT2D eigenvalue weighted by Crippen LogP contribution is 2.38. The first-order valence-corrected chi connectivity index (χ1v) is 4.37. The molecule has 2 nitrogen and oxygen atoms in total. The molecule has 0 saturated carbocycles. The number of rotatable bonds is 2. The molecule has 0 radical (unpaired) electrons. The van der Waals surface area contributed by atoms with Gasteiger partial charge in [0, 0.05) is 0 Å². The molecule has 0 atom stereocenters. The normalized spacial score (nSPS) is 11.6. The predicted octanol–water partition coefficient (Wildman–Crippen LogP) is 3.13. The van der Waals surface area contributed by atoms with E-state index in [0.717, 1.165) is 6.07 Å². The maximum Gasteiger partial charge on any atom is 0.418 e. The van der Waals surface area contributed by atoms with Crippen molar-refractivity contribution in [3.05, 3.63) is 34.1 Å². The lowest BCUT2D eigenvalue weighted by molar-refractivity contribution is -0.139. The fourth-order valence-electron chi connectivity index (χ4n) is 1.21. The van der Waals surface area contributed by atoms with Crippen molar-refractivity contribution >= 4 is 17.6 Å². The Bertz CT molecular complexity index is 428. The summed E-state index contributed by atoms with van der Waals surface area (Å²) in [6, 6.07) is 1.47. The van der Waals surface area contributed by atoms with Crippen LogP contribution in [0.4, 0.5) is 17.6 Å². The van der Waals surface area contributed by atoms with E-state index in [9.17, 15) is 22.4 Å². The number of carboxylic acids is 1. The van der Waals surface area contributed by atoms with Crippen LogP contribution in [-0.2, 0) is 17.4 Å². The minimum absolute atomic E-state index is 0.564. The highest BCUT2D eigenvalue weighted by molar-refractivity contribution is 6.31. The molecular weight excluding hydrogens is 252 g/mol. The molecule has 0 aliphatic heterocycles. The summed E-state index contributed by atoms with van der Waals surface area (Å²) in [6.45, 7) is 0. The van der Waals surface area contributed by atoms with E-state index >= 15 is 0 Å². The molecule has 0 aliphatic rings. The Labute approximate surface area is 92.4 Å². The molecule has 7 heteroatoms. The third kappa shape index (κ3) is 2.63. The zero-order valence-corrected chi connectivity index (χ0v) is 8.36. The Hall–Kier alpha value is -1.30. The summed E-state index contributed by atoms with van der Waals surface area (Å²) < 4.78 is 50.3. The van der Waals surface area contributed by atoms with Crippen LogP contribution in [0.5, 0.6) is 0 Å². The van der Waals surface area contributed by atoms with E-state index in [-0.39, 0.29) is 0 Å². The van der Waals surface area contributed by atoms with E-state index in [1.807, 2.05) is 0 Å². The van der Waals surface area contributed by atoms with Gasteiger partial charge in [0.1, 0.15) is 5.82 Å². The monoisotopic (exact) mass is 256 g/mol. The van der Waals surface area contributed by atoms with Gasteiger partial charge in [-0.1, -0.05) is 17.7 Å². The number of carbonyl (C=O) groups is 1. The summed E-state index contributed by atoms with van der Waals surface area (Å²) in [6.07, 6.45) is -5.75.